The van der Waals surface area contributed by atoms with Gasteiger partial charge < -0.3 is 9.64 Å². The van der Waals surface area contributed by atoms with Crippen LogP contribution in [0.2, 0.25) is 0 Å². The van der Waals surface area contributed by atoms with Crippen molar-refractivity contribution in [2.75, 3.05) is 13.1 Å². The van der Waals surface area contributed by atoms with Gasteiger partial charge >= 0.3 is 0 Å². The van der Waals surface area contributed by atoms with E-state index in [1.807, 2.05) is 4.90 Å². The van der Waals surface area contributed by atoms with Crippen LogP contribution in [0.4, 0.5) is 0 Å². The molecule has 1 heterocycles. The lowest BCUT2D eigenvalue weighted by atomic mass is 10.1. The fourth-order valence-corrected chi connectivity index (χ4v) is 1.82. The van der Waals surface area contributed by atoms with Crippen molar-refractivity contribution in [3.05, 3.63) is 12.7 Å². The SMILES string of the molecule is C=CC(=O)N1CCC(OC(C)(C)C)CC1. The molecule has 0 spiro atoms. The molecule has 0 aromatic rings. The van der Waals surface area contributed by atoms with Crippen LogP contribution in [0.5, 0.6) is 0 Å². The standard InChI is InChI=1S/C12H21NO2/c1-5-11(14)13-8-6-10(7-9-13)15-12(2,3)4/h5,10H,1,6-9H2,2-4H3. The maximum atomic E-state index is 11.3. The average molecular weight is 211 g/mol. The van der Waals surface area contributed by atoms with Crippen LogP contribution in [-0.4, -0.2) is 35.6 Å². The fraction of sp³-hybridized carbons (Fsp3) is 0.750. The van der Waals surface area contributed by atoms with E-state index in [9.17, 15) is 4.79 Å². The van der Waals surface area contributed by atoms with Crippen LogP contribution in [0.15, 0.2) is 12.7 Å². The van der Waals surface area contributed by atoms with E-state index in [1.165, 1.54) is 6.08 Å². The number of likely N-dealkylation sites (tertiary alicyclic amines) is 1. The molecule has 15 heavy (non-hydrogen) atoms. The lowest BCUT2D eigenvalue weighted by molar-refractivity contribution is -0.131. The molecule has 1 fully saturated rings. The second-order valence-corrected chi connectivity index (χ2v) is 4.96. The van der Waals surface area contributed by atoms with E-state index in [-0.39, 0.29) is 11.5 Å². The van der Waals surface area contributed by atoms with Gasteiger partial charge in [-0.05, 0) is 39.7 Å². The zero-order valence-corrected chi connectivity index (χ0v) is 9.95. The molecule has 0 bridgehead atoms. The van der Waals surface area contributed by atoms with Crippen LogP contribution in [0.1, 0.15) is 33.6 Å². The van der Waals surface area contributed by atoms with Crippen molar-refractivity contribution < 1.29 is 9.53 Å². The van der Waals surface area contributed by atoms with Crippen molar-refractivity contribution >= 4 is 5.91 Å². The molecule has 0 atom stereocenters. The molecule has 0 saturated carbocycles. The van der Waals surface area contributed by atoms with Crippen molar-refractivity contribution in [2.24, 2.45) is 0 Å². The fourth-order valence-electron chi connectivity index (χ4n) is 1.82. The van der Waals surface area contributed by atoms with Gasteiger partial charge in [0.1, 0.15) is 0 Å². The molecule has 1 aliphatic rings. The number of hydrogen-bond acceptors (Lipinski definition) is 2. The van der Waals surface area contributed by atoms with Crippen molar-refractivity contribution in [1.29, 1.82) is 0 Å². The minimum atomic E-state index is -0.0880. The van der Waals surface area contributed by atoms with Gasteiger partial charge in [-0.3, -0.25) is 4.79 Å². The highest BCUT2D eigenvalue weighted by Gasteiger charge is 2.25. The first-order valence-corrected chi connectivity index (χ1v) is 5.51. The lowest BCUT2D eigenvalue weighted by Gasteiger charge is -2.35. The van der Waals surface area contributed by atoms with Gasteiger partial charge in [0.25, 0.3) is 0 Å². The molecule has 3 nitrogen and oxygen atoms in total. The summed E-state index contributed by atoms with van der Waals surface area (Å²) in [5, 5.41) is 0. The van der Waals surface area contributed by atoms with Gasteiger partial charge in [-0.1, -0.05) is 6.58 Å². The van der Waals surface area contributed by atoms with Gasteiger partial charge in [-0.2, -0.15) is 0 Å². The lowest BCUT2D eigenvalue weighted by Crippen LogP contribution is -2.42. The summed E-state index contributed by atoms with van der Waals surface area (Å²) in [6.07, 6.45) is 3.53. The monoisotopic (exact) mass is 211 g/mol. The summed E-state index contributed by atoms with van der Waals surface area (Å²) in [6.45, 7) is 11.2. The van der Waals surface area contributed by atoms with Crippen LogP contribution in [0.3, 0.4) is 0 Å². The summed E-state index contributed by atoms with van der Waals surface area (Å²) in [5.41, 5.74) is -0.0880. The molecular weight excluding hydrogens is 190 g/mol. The molecule has 1 amide bonds. The number of carbonyl (C=O) groups is 1. The normalized spacial score (nSPS) is 19.0. The quantitative estimate of drug-likeness (QED) is 0.654. The molecule has 0 N–H and O–H groups in total. The predicted molar refractivity (Wildman–Crippen MR) is 60.6 cm³/mol. The van der Waals surface area contributed by atoms with E-state index >= 15 is 0 Å². The van der Waals surface area contributed by atoms with Gasteiger partial charge in [-0.25, -0.2) is 0 Å². The Hall–Kier alpha value is -0.830. The number of ether oxygens (including phenoxy) is 1. The Kier molecular flexibility index (Phi) is 3.91. The molecule has 0 aliphatic carbocycles. The zero-order chi connectivity index (χ0) is 11.5. The highest BCUT2D eigenvalue weighted by Crippen LogP contribution is 2.20. The molecule has 0 unspecified atom stereocenters. The van der Waals surface area contributed by atoms with Crippen LogP contribution in [-0.2, 0) is 9.53 Å². The minimum absolute atomic E-state index is 0.0317. The van der Waals surface area contributed by atoms with E-state index in [2.05, 4.69) is 27.4 Å². The van der Waals surface area contributed by atoms with Crippen LogP contribution in [0, 0.1) is 0 Å². The Morgan fingerprint density at radius 2 is 1.93 bits per heavy atom. The van der Waals surface area contributed by atoms with E-state index in [0.29, 0.717) is 6.10 Å². The van der Waals surface area contributed by atoms with Crippen molar-refractivity contribution in [3.63, 3.8) is 0 Å². The predicted octanol–water partition coefficient (Wildman–Crippen LogP) is 1.98. The molecule has 0 radical (unpaired) electrons. The molecule has 1 rings (SSSR count). The Morgan fingerprint density at radius 1 is 1.40 bits per heavy atom. The van der Waals surface area contributed by atoms with Crippen molar-refractivity contribution in [2.45, 2.75) is 45.3 Å². The summed E-state index contributed by atoms with van der Waals surface area (Å²) in [6, 6.07) is 0. The summed E-state index contributed by atoms with van der Waals surface area (Å²) >= 11 is 0. The highest BCUT2D eigenvalue weighted by molar-refractivity contribution is 5.87. The van der Waals surface area contributed by atoms with Gasteiger partial charge in [-0.15, -0.1) is 0 Å². The molecule has 1 aliphatic heterocycles. The number of rotatable bonds is 2. The molecule has 1 saturated heterocycles. The third-order valence-electron chi connectivity index (χ3n) is 2.45. The van der Waals surface area contributed by atoms with Gasteiger partial charge in [0, 0.05) is 13.1 Å². The van der Waals surface area contributed by atoms with Crippen LogP contribution in [0.25, 0.3) is 0 Å². The number of piperidine rings is 1. The minimum Gasteiger partial charge on any atom is -0.372 e. The number of amides is 1. The van der Waals surface area contributed by atoms with E-state index in [4.69, 9.17) is 4.74 Å². The molecule has 86 valence electrons. The first-order chi connectivity index (χ1) is 6.92. The van der Waals surface area contributed by atoms with E-state index in [1.54, 1.807) is 0 Å². The van der Waals surface area contributed by atoms with E-state index < -0.39 is 0 Å². The van der Waals surface area contributed by atoms with E-state index in [0.717, 1.165) is 25.9 Å². The second-order valence-electron chi connectivity index (χ2n) is 4.96. The third kappa shape index (κ3) is 4.04. The maximum absolute atomic E-state index is 11.3. The first kappa shape index (κ1) is 12.2. The summed E-state index contributed by atoms with van der Waals surface area (Å²) < 4.78 is 5.88. The van der Waals surface area contributed by atoms with Gasteiger partial charge in [0.2, 0.25) is 5.91 Å². The Balaban J connectivity index is 2.36. The largest absolute Gasteiger partial charge is 0.372 e. The molecular formula is C12H21NO2. The maximum Gasteiger partial charge on any atom is 0.245 e. The van der Waals surface area contributed by atoms with Crippen LogP contribution >= 0.6 is 0 Å². The smallest absolute Gasteiger partial charge is 0.245 e. The summed E-state index contributed by atoms with van der Waals surface area (Å²) in [5.74, 6) is 0.0317. The number of carbonyl (C=O) groups excluding carboxylic acids is 1. The topological polar surface area (TPSA) is 29.5 Å². The first-order valence-electron chi connectivity index (χ1n) is 5.51. The van der Waals surface area contributed by atoms with Crippen molar-refractivity contribution in [3.8, 4) is 0 Å². The summed E-state index contributed by atoms with van der Waals surface area (Å²) in [7, 11) is 0. The molecule has 0 aromatic heterocycles. The Labute approximate surface area is 92.1 Å². The second kappa shape index (κ2) is 4.79. The number of hydrogen-bond donors (Lipinski definition) is 0. The molecule has 3 heteroatoms. The average Bonchev–Trinajstić information content (AvgIpc) is 2.15. The highest BCUT2D eigenvalue weighted by atomic mass is 16.5. The van der Waals surface area contributed by atoms with Crippen molar-refractivity contribution in [1.82, 2.24) is 4.90 Å². The number of nitrogens with zero attached hydrogens (tertiary/aromatic N) is 1. The Bertz CT molecular complexity index is 234. The Morgan fingerprint density at radius 3 is 2.33 bits per heavy atom. The van der Waals surface area contributed by atoms with Crippen LogP contribution < -0.4 is 0 Å². The van der Waals surface area contributed by atoms with Gasteiger partial charge in [0.05, 0.1) is 11.7 Å². The zero-order valence-electron chi connectivity index (χ0n) is 9.95. The van der Waals surface area contributed by atoms with Gasteiger partial charge in [0.15, 0.2) is 0 Å². The summed E-state index contributed by atoms with van der Waals surface area (Å²) in [4.78, 5) is 13.2. The molecule has 0 aromatic carbocycles. The third-order valence-corrected chi connectivity index (χ3v) is 2.45.